The highest BCUT2D eigenvalue weighted by atomic mass is 32.1. The molecule has 0 unspecified atom stereocenters. The fourth-order valence-electron chi connectivity index (χ4n) is 2.19. The summed E-state index contributed by atoms with van der Waals surface area (Å²) in [7, 11) is 0. The Balaban J connectivity index is 2.55. The first kappa shape index (κ1) is 9.73. The van der Waals surface area contributed by atoms with Crippen molar-refractivity contribution in [1.29, 1.82) is 0 Å². The Hall–Kier alpha value is -1.47. The first-order valence-corrected chi connectivity index (χ1v) is 5.81. The Kier molecular flexibility index (Phi) is 2.15. The molecule has 1 heteroatoms. The second-order valence-electron chi connectivity index (χ2n) is 4.15. The van der Waals surface area contributed by atoms with Crippen LogP contribution < -0.4 is 0 Å². The smallest absolute Gasteiger partial charge is 0.0119 e. The van der Waals surface area contributed by atoms with Gasteiger partial charge in [0, 0.05) is 4.90 Å². The van der Waals surface area contributed by atoms with E-state index >= 15 is 0 Å². The highest BCUT2D eigenvalue weighted by molar-refractivity contribution is 7.80. The molecule has 3 aromatic rings. The molecule has 0 spiro atoms. The number of benzene rings is 3. The summed E-state index contributed by atoms with van der Waals surface area (Å²) < 4.78 is 0. The molecule has 0 N–H and O–H groups in total. The van der Waals surface area contributed by atoms with Gasteiger partial charge in [0.2, 0.25) is 0 Å². The van der Waals surface area contributed by atoms with Crippen LogP contribution in [-0.4, -0.2) is 0 Å². The molecular weight excluding hydrogens is 212 g/mol. The summed E-state index contributed by atoms with van der Waals surface area (Å²) in [5.74, 6) is 0. The van der Waals surface area contributed by atoms with Crippen molar-refractivity contribution in [3.05, 3.63) is 54.1 Å². The molecule has 0 nitrogen and oxygen atoms in total. The van der Waals surface area contributed by atoms with E-state index in [1.807, 2.05) is 12.1 Å². The monoisotopic (exact) mass is 224 g/mol. The SMILES string of the molecule is Cc1cccc2cc3cccc(S)c3cc12. The molecule has 0 aliphatic carbocycles. The second kappa shape index (κ2) is 3.53. The summed E-state index contributed by atoms with van der Waals surface area (Å²) in [5, 5.41) is 5.10. The van der Waals surface area contributed by atoms with Crippen molar-refractivity contribution in [1.82, 2.24) is 0 Å². The Morgan fingerprint density at radius 2 is 1.50 bits per heavy atom. The van der Waals surface area contributed by atoms with Crippen LogP contribution in [0, 0.1) is 6.92 Å². The van der Waals surface area contributed by atoms with Gasteiger partial charge in [-0.3, -0.25) is 0 Å². The lowest BCUT2D eigenvalue weighted by molar-refractivity contribution is 1.52. The Morgan fingerprint density at radius 1 is 0.812 bits per heavy atom. The van der Waals surface area contributed by atoms with Gasteiger partial charge in [0.05, 0.1) is 0 Å². The van der Waals surface area contributed by atoms with E-state index in [0.717, 1.165) is 4.90 Å². The standard InChI is InChI=1S/C15H12S/c1-10-4-2-5-11-8-12-6-3-7-15(16)14(12)9-13(10)11/h2-9,16H,1H3. The molecule has 78 valence electrons. The van der Waals surface area contributed by atoms with Crippen LogP contribution in [0.2, 0.25) is 0 Å². The number of thiol groups is 1. The summed E-state index contributed by atoms with van der Waals surface area (Å²) in [6.45, 7) is 2.15. The first-order chi connectivity index (χ1) is 7.75. The van der Waals surface area contributed by atoms with E-state index in [0.29, 0.717) is 0 Å². The Labute approximate surface area is 100 Å². The zero-order valence-corrected chi connectivity index (χ0v) is 9.96. The lowest BCUT2D eigenvalue weighted by Gasteiger charge is -2.06. The summed E-state index contributed by atoms with van der Waals surface area (Å²) in [5.41, 5.74) is 1.32. The molecule has 0 bridgehead atoms. The molecule has 3 aromatic carbocycles. The average molecular weight is 224 g/mol. The minimum Gasteiger partial charge on any atom is -0.143 e. The third kappa shape index (κ3) is 1.40. The van der Waals surface area contributed by atoms with Crippen molar-refractivity contribution in [2.45, 2.75) is 11.8 Å². The van der Waals surface area contributed by atoms with Crippen LogP contribution in [0.3, 0.4) is 0 Å². The lowest BCUT2D eigenvalue weighted by atomic mass is 10.0. The van der Waals surface area contributed by atoms with Gasteiger partial charge in [-0.25, -0.2) is 0 Å². The predicted octanol–water partition coefficient (Wildman–Crippen LogP) is 4.59. The topological polar surface area (TPSA) is 0 Å². The number of hydrogen-bond donors (Lipinski definition) is 1. The van der Waals surface area contributed by atoms with E-state index in [2.05, 4.69) is 56.0 Å². The normalized spacial score (nSPS) is 11.1. The molecule has 0 aliphatic rings. The average Bonchev–Trinajstić information content (AvgIpc) is 2.28. The van der Waals surface area contributed by atoms with E-state index in [4.69, 9.17) is 0 Å². The molecule has 0 saturated carbocycles. The second-order valence-corrected chi connectivity index (χ2v) is 4.63. The van der Waals surface area contributed by atoms with Crippen molar-refractivity contribution in [2.24, 2.45) is 0 Å². The lowest BCUT2D eigenvalue weighted by Crippen LogP contribution is -1.81. The molecule has 3 rings (SSSR count). The van der Waals surface area contributed by atoms with Gasteiger partial charge in [-0.1, -0.05) is 30.3 Å². The number of aryl methyl sites for hydroxylation is 1. The van der Waals surface area contributed by atoms with Crippen LogP contribution in [0.4, 0.5) is 0 Å². The fraction of sp³-hybridized carbons (Fsp3) is 0.0667. The van der Waals surface area contributed by atoms with E-state index in [1.165, 1.54) is 27.1 Å². The fourth-order valence-corrected chi connectivity index (χ4v) is 2.47. The Bertz CT molecular complexity index is 626. The van der Waals surface area contributed by atoms with Gasteiger partial charge in [-0.15, -0.1) is 12.6 Å². The Morgan fingerprint density at radius 3 is 2.31 bits per heavy atom. The van der Waals surface area contributed by atoms with Crippen LogP contribution in [0.25, 0.3) is 21.5 Å². The highest BCUT2D eigenvalue weighted by Gasteiger charge is 2.02. The summed E-state index contributed by atoms with van der Waals surface area (Å²) in [6, 6.07) is 17.1. The van der Waals surface area contributed by atoms with Gasteiger partial charge >= 0.3 is 0 Å². The molecule has 0 heterocycles. The summed E-state index contributed by atoms with van der Waals surface area (Å²) in [4.78, 5) is 1.04. The van der Waals surface area contributed by atoms with E-state index < -0.39 is 0 Å². The zero-order chi connectivity index (χ0) is 11.1. The van der Waals surface area contributed by atoms with Crippen LogP contribution >= 0.6 is 12.6 Å². The third-order valence-corrected chi connectivity index (χ3v) is 3.46. The largest absolute Gasteiger partial charge is 0.143 e. The molecule has 0 amide bonds. The summed E-state index contributed by atoms with van der Waals surface area (Å²) >= 11 is 4.51. The van der Waals surface area contributed by atoms with Gasteiger partial charge in [-0.2, -0.15) is 0 Å². The maximum absolute atomic E-state index is 4.51. The molecule has 0 aliphatic heterocycles. The number of hydrogen-bond acceptors (Lipinski definition) is 1. The molecule has 0 fully saturated rings. The van der Waals surface area contributed by atoms with Crippen LogP contribution in [-0.2, 0) is 0 Å². The van der Waals surface area contributed by atoms with Crippen LogP contribution in [0.5, 0.6) is 0 Å². The van der Waals surface area contributed by atoms with E-state index in [1.54, 1.807) is 0 Å². The van der Waals surface area contributed by atoms with Crippen molar-refractivity contribution in [2.75, 3.05) is 0 Å². The van der Waals surface area contributed by atoms with Crippen molar-refractivity contribution in [3.63, 3.8) is 0 Å². The van der Waals surface area contributed by atoms with Gasteiger partial charge in [-0.05, 0) is 52.2 Å². The van der Waals surface area contributed by atoms with E-state index in [-0.39, 0.29) is 0 Å². The molecule has 0 atom stereocenters. The maximum Gasteiger partial charge on any atom is 0.0119 e. The van der Waals surface area contributed by atoms with Gasteiger partial charge < -0.3 is 0 Å². The highest BCUT2D eigenvalue weighted by Crippen LogP contribution is 2.28. The molecule has 16 heavy (non-hydrogen) atoms. The zero-order valence-electron chi connectivity index (χ0n) is 9.07. The maximum atomic E-state index is 4.51. The van der Waals surface area contributed by atoms with Gasteiger partial charge in [0.15, 0.2) is 0 Å². The van der Waals surface area contributed by atoms with Gasteiger partial charge in [0.1, 0.15) is 0 Å². The van der Waals surface area contributed by atoms with Crippen molar-refractivity contribution in [3.8, 4) is 0 Å². The number of rotatable bonds is 0. The predicted molar refractivity (Wildman–Crippen MR) is 73.4 cm³/mol. The van der Waals surface area contributed by atoms with Crippen LogP contribution in [0.15, 0.2) is 53.4 Å². The minimum absolute atomic E-state index is 1.04. The van der Waals surface area contributed by atoms with E-state index in [9.17, 15) is 0 Å². The molecular formula is C15H12S. The van der Waals surface area contributed by atoms with Gasteiger partial charge in [0.25, 0.3) is 0 Å². The van der Waals surface area contributed by atoms with Crippen molar-refractivity contribution >= 4 is 34.2 Å². The first-order valence-electron chi connectivity index (χ1n) is 5.37. The minimum atomic E-state index is 1.04. The quantitative estimate of drug-likeness (QED) is 0.419. The molecule has 0 saturated heterocycles. The molecule has 0 aromatic heterocycles. The van der Waals surface area contributed by atoms with Crippen molar-refractivity contribution < 1.29 is 0 Å². The van der Waals surface area contributed by atoms with Crippen LogP contribution in [0.1, 0.15) is 5.56 Å². The molecule has 0 radical (unpaired) electrons. The summed E-state index contributed by atoms with van der Waals surface area (Å²) in [6.07, 6.45) is 0. The number of fused-ring (bicyclic) bond motifs is 2. The third-order valence-electron chi connectivity index (χ3n) is 3.07.